The summed E-state index contributed by atoms with van der Waals surface area (Å²) < 4.78 is 2.46. The van der Waals surface area contributed by atoms with Crippen molar-refractivity contribution in [3.05, 3.63) is 206 Å². The van der Waals surface area contributed by atoms with E-state index in [0.717, 1.165) is 17.1 Å². The number of hydrogen-bond acceptors (Lipinski definition) is 1. The number of anilines is 3. The second-order valence-electron chi connectivity index (χ2n) is 14.1. The molecule has 0 radical (unpaired) electrons. The highest BCUT2D eigenvalue weighted by atomic mass is 15.1. The summed E-state index contributed by atoms with van der Waals surface area (Å²) in [5.74, 6) is 0. The van der Waals surface area contributed by atoms with E-state index in [0.29, 0.717) is 0 Å². The van der Waals surface area contributed by atoms with Crippen molar-refractivity contribution in [1.29, 1.82) is 0 Å². The van der Waals surface area contributed by atoms with Crippen molar-refractivity contribution in [3.8, 4) is 27.9 Å². The van der Waals surface area contributed by atoms with E-state index < -0.39 is 0 Å². The molecule has 0 amide bonds. The van der Waals surface area contributed by atoms with Gasteiger partial charge in [-0.15, -0.1) is 0 Å². The van der Waals surface area contributed by atoms with E-state index in [1.807, 2.05) is 0 Å². The lowest BCUT2D eigenvalue weighted by Gasteiger charge is -2.25. The Hall–Kier alpha value is -7.16. The number of para-hydroxylation sites is 4. The second-order valence-corrected chi connectivity index (χ2v) is 14.1. The van der Waals surface area contributed by atoms with Crippen molar-refractivity contribution >= 4 is 71.2 Å². The summed E-state index contributed by atoms with van der Waals surface area (Å²) in [5.41, 5.74) is 11.9. The summed E-state index contributed by atoms with van der Waals surface area (Å²) in [6, 6.07) is 75.1. The molecule has 0 aliphatic carbocycles. The van der Waals surface area contributed by atoms with Crippen LogP contribution in [-0.4, -0.2) is 4.57 Å². The third-order valence-electron chi connectivity index (χ3n) is 11.1. The van der Waals surface area contributed by atoms with Gasteiger partial charge in [-0.2, -0.15) is 0 Å². The number of aromatic nitrogens is 1. The van der Waals surface area contributed by atoms with E-state index in [9.17, 15) is 0 Å². The SMILES string of the molecule is c1ccc(-c2cc(-c3ccc(N(c4ccccc4)c4ccccc4)cc3)c3ccc4c5c(ccc2c35)cc2c3ccccc3n(-c3ccccc3)c24)cc1. The van der Waals surface area contributed by atoms with Gasteiger partial charge >= 0.3 is 0 Å². The van der Waals surface area contributed by atoms with E-state index in [1.54, 1.807) is 0 Å². The molecule has 10 aromatic carbocycles. The fourth-order valence-electron chi connectivity index (χ4n) is 8.75. The number of benzene rings is 10. The van der Waals surface area contributed by atoms with Gasteiger partial charge in [0.25, 0.3) is 0 Å². The van der Waals surface area contributed by atoms with Crippen LogP contribution in [0.1, 0.15) is 0 Å². The second kappa shape index (κ2) is 12.2. The molecule has 0 bridgehead atoms. The van der Waals surface area contributed by atoms with Crippen LogP contribution in [0.4, 0.5) is 17.1 Å². The van der Waals surface area contributed by atoms with E-state index in [-0.39, 0.29) is 0 Å². The summed E-state index contributed by atoms with van der Waals surface area (Å²) in [5, 5.41) is 10.2. The number of hydrogen-bond donors (Lipinski definition) is 0. The van der Waals surface area contributed by atoms with Crippen LogP contribution in [0.2, 0.25) is 0 Å². The molecule has 0 spiro atoms. The van der Waals surface area contributed by atoms with Crippen molar-refractivity contribution in [3.63, 3.8) is 0 Å². The van der Waals surface area contributed by atoms with Crippen molar-refractivity contribution < 1.29 is 0 Å². The third kappa shape index (κ3) is 4.67. The monoisotopic (exact) mass is 686 g/mol. The topological polar surface area (TPSA) is 8.17 Å². The molecule has 0 unspecified atom stereocenters. The Kier molecular flexibility index (Phi) is 6.90. The average Bonchev–Trinajstić information content (AvgIpc) is 3.58. The highest BCUT2D eigenvalue weighted by Crippen LogP contribution is 2.48. The quantitative estimate of drug-likeness (QED) is 0.158. The first kappa shape index (κ1) is 30.5. The van der Waals surface area contributed by atoms with Gasteiger partial charge in [0, 0.05) is 38.9 Å². The Labute approximate surface area is 313 Å². The van der Waals surface area contributed by atoms with Crippen LogP contribution in [0.5, 0.6) is 0 Å². The van der Waals surface area contributed by atoms with E-state index in [2.05, 4.69) is 216 Å². The molecule has 252 valence electrons. The summed E-state index contributed by atoms with van der Waals surface area (Å²) in [4.78, 5) is 2.32. The molecule has 54 heavy (non-hydrogen) atoms. The predicted octanol–water partition coefficient (Wildman–Crippen LogP) is 14.5. The van der Waals surface area contributed by atoms with Gasteiger partial charge < -0.3 is 9.47 Å². The maximum absolute atomic E-state index is 2.46. The molecule has 0 aliphatic rings. The van der Waals surface area contributed by atoms with Gasteiger partial charge in [-0.3, -0.25) is 0 Å². The summed E-state index contributed by atoms with van der Waals surface area (Å²) >= 11 is 0. The highest BCUT2D eigenvalue weighted by molar-refractivity contribution is 6.34. The Balaban J connectivity index is 1.19. The molecule has 0 atom stereocenters. The first-order chi connectivity index (χ1) is 26.8. The lowest BCUT2D eigenvalue weighted by atomic mass is 9.85. The zero-order valence-corrected chi connectivity index (χ0v) is 29.5. The molecule has 1 heterocycles. The maximum atomic E-state index is 2.46. The van der Waals surface area contributed by atoms with Crippen LogP contribution < -0.4 is 4.90 Å². The largest absolute Gasteiger partial charge is 0.311 e. The van der Waals surface area contributed by atoms with E-state index >= 15 is 0 Å². The molecule has 0 fully saturated rings. The first-order valence-electron chi connectivity index (χ1n) is 18.6. The Bertz CT molecular complexity index is 3070. The molecule has 0 N–H and O–H groups in total. The molecule has 0 aliphatic heterocycles. The zero-order valence-electron chi connectivity index (χ0n) is 29.5. The lowest BCUT2D eigenvalue weighted by molar-refractivity contribution is 1.19. The highest BCUT2D eigenvalue weighted by Gasteiger charge is 2.22. The summed E-state index contributed by atoms with van der Waals surface area (Å²) in [7, 11) is 0. The Morgan fingerprint density at radius 3 is 1.52 bits per heavy atom. The van der Waals surface area contributed by atoms with Gasteiger partial charge in [-0.05, 0) is 116 Å². The van der Waals surface area contributed by atoms with Crippen LogP contribution in [0, 0.1) is 0 Å². The van der Waals surface area contributed by atoms with Crippen LogP contribution in [0.25, 0.3) is 82.1 Å². The smallest absolute Gasteiger partial charge is 0.0620 e. The van der Waals surface area contributed by atoms with Crippen molar-refractivity contribution in [2.24, 2.45) is 0 Å². The minimum Gasteiger partial charge on any atom is -0.311 e. The molecule has 2 heteroatoms. The lowest BCUT2D eigenvalue weighted by Crippen LogP contribution is -2.09. The standard InChI is InChI=1S/C52H34N2/c1-5-15-35(16-6-1)46-34-47(36-25-28-41(29-26-36)53(38-17-7-2-8-18-38)39-19-9-3-10-20-39)44-31-32-45-50-37(27-30-43(46)51(44)50)33-48-42-23-13-14-24-49(42)54(52(45)48)40-21-11-4-12-22-40/h1-34H. The molecule has 11 aromatic rings. The molecule has 1 aromatic heterocycles. The molecule has 0 saturated heterocycles. The predicted molar refractivity (Wildman–Crippen MR) is 230 cm³/mol. The van der Waals surface area contributed by atoms with Gasteiger partial charge in [0.1, 0.15) is 0 Å². The number of rotatable bonds is 6. The number of fused-ring (bicyclic) bond motifs is 4. The van der Waals surface area contributed by atoms with Crippen LogP contribution in [-0.2, 0) is 0 Å². The zero-order chi connectivity index (χ0) is 35.6. The summed E-state index contributed by atoms with van der Waals surface area (Å²) in [6.07, 6.45) is 0. The minimum atomic E-state index is 1.12. The average molecular weight is 687 g/mol. The molecule has 0 saturated carbocycles. The first-order valence-corrected chi connectivity index (χ1v) is 18.6. The minimum absolute atomic E-state index is 1.12. The van der Waals surface area contributed by atoms with Gasteiger partial charge in [-0.25, -0.2) is 0 Å². The number of nitrogens with zero attached hydrogens (tertiary/aromatic N) is 2. The molecule has 2 nitrogen and oxygen atoms in total. The molecule has 11 rings (SSSR count). The fraction of sp³-hybridized carbons (Fsp3) is 0. The molecular weight excluding hydrogens is 653 g/mol. The van der Waals surface area contributed by atoms with E-state index in [1.165, 1.54) is 82.1 Å². The van der Waals surface area contributed by atoms with Crippen molar-refractivity contribution in [2.75, 3.05) is 4.90 Å². The van der Waals surface area contributed by atoms with Crippen molar-refractivity contribution in [1.82, 2.24) is 4.57 Å². The van der Waals surface area contributed by atoms with Crippen LogP contribution >= 0.6 is 0 Å². The van der Waals surface area contributed by atoms with Gasteiger partial charge in [0.2, 0.25) is 0 Å². The Morgan fingerprint density at radius 2 is 0.852 bits per heavy atom. The molecular formula is C52H34N2. The van der Waals surface area contributed by atoms with Gasteiger partial charge in [-0.1, -0.05) is 140 Å². The summed E-state index contributed by atoms with van der Waals surface area (Å²) in [6.45, 7) is 0. The van der Waals surface area contributed by atoms with Crippen molar-refractivity contribution in [2.45, 2.75) is 0 Å². The van der Waals surface area contributed by atoms with Gasteiger partial charge in [0.15, 0.2) is 0 Å². The maximum Gasteiger partial charge on any atom is 0.0620 e. The van der Waals surface area contributed by atoms with Gasteiger partial charge in [0.05, 0.1) is 11.0 Å². The normalized spacial score (nSPS) is 11.7. The fourth-order valence-corrected chi connectivity index (χ4v) is 8.75. The third-order valence-corrected chi connectivity index (χ3v) is 11.1. The van der Waals surface area contributed by atoms with E-state index in [4.69, 9.17) is 0 Å². The van der Waals surface area contributed by atoms with Crippen LogP contribution in [0.3, 0.4) is 0 Å². The van der Waals surface area contributed by atoms with Crippen LogP contribution in [0.15, 0.2) is 206 Å². The Morgan fingerprint density at radius 1 is 0.333 bits per heavy atom.